The number of nitrogen functional groups attached to an aromatic ring is 1. The molecule has 0 aliphatic carbocycles. The number of nitrogens with two attached hydrogens (primary N) is 1. The van der Waals surface area contributed by atoms with Crippen LogP contribution in [0.1, 0.15) is 43.1 Å². The molecule has 0 spiro atoms. The van der Waals surface area contributed by atoms with Crippen LogP contribution in [-0.2, 0) is 16.1 Å². The molecule has 1 aromatic carbocycles. The molecule has 29 heavy (non-hydrogen) atoms. The highest BCUT2D eigenvalue weighted by Crippen LogP contribution is 2.33. The Kier molecular flexibility index (Phi) is 6.26. The minimum absolute atomic E-state index is 0.122. The number of rotatable bonds is 6. The van der Waals surface area contributed by atoms with E-state index in [9.17, 15) is 14.9 Å². The van der Waals surface area contributed by atoms with E-state index in [1.165, 1.54) is 11.3 Å². The maximum Gasteiger partial charge on any atom is 0.350 e. The van der Waals surface area contributed by atoms with Crippen molar-refractivity contribution in [3.05, 3.63) is 56.9 Å². The molecule has 0 saturated heterocycles. The molecule has 0 saturated carbocycles. The second-order valence-corrected chi connectivity index (χ2v) is 7.91. The van der Waals surface area contributed by atoms with Gasteiger partial charge in [-0.15, -0.1) is 22.7 Å². The summed E-state index contributed by atoms with van der Waals surface area (Å²) in [7, 11) is 0. The highest BCUT2D eigenvalue weighted by Gasteiger charge is 2.25. The molecule has 3 aromatic rings. The van der Waals surface area contributed by atoms with Gasteiger partial charge in [-0.3, -0.25) is 0 Å². The molecule has 148 valence electrons. The normalized spacial score (nSPS) is 10.4. The van der Waals surface area contributed by atoms with Gasteiger partial charge in [0.15, 0.2) is 0 Å². The number of esters is 2. The Bertz CT molecular complexity index is 1100. The maximum absolute atomic E-state index is 12.6. The first-order chi connectivity index (χ1) is 14.0. The standard InChI is InChI=1S/C20H17N3O4S2/c1-3-26-20(25)16-14(13(9-21)17(22)28-16)10-27-19(24)15-11(2)23-18(29-15)12-7-5-4-6-8-12/h4-8H,3,10,22H2,1-2H3. The average Bonchev–Trinajstić information content (AvgIpc) is 3.26. The van der Waals surface area contributed by atoms with Gasteiger partial charge in [-0.25, -0.2) is 14.6 Å². The predicted molar refractivity (Wildman–Crippen MR) is 111 cm³/mol. The molecule has 0 aliphatic heterocycles. The van der Waals surface area contributed by atoms with Gasteiger partial charge in [0.05, 0.1) is 17.9 Å². The van der Waals surface area contributed by atoms with Gasteiger partial charge in [-0.1, -0.05) is 30.3 Å². The van der Waals surface area contributed by atoms with E-state index in [0.29, 0.717) is 15.6 Å². The second kappa shape index (κ2) is 8.86. The fraction of sp³-hybridized carbons (Fsp3) is 0.200. The largest absolute Gasteiger partial charge is 0.462 e. The Balaban J connectivity index is 1.82. The van der Waals surface area contributed by atoms with Gasteiger partial charge in [0.2, 0.25) is 0 Å². The molecule has 0 atom stereocenters. The predicted octanol–water partition coefficient (Wildman–Crippen LogP) is 4.17. The number of hydrogen-bond acceptors (Lipinski definition) is 9. The average molecular weight is 428 g/mol. The van der Waals surface area contributed by atoms with Crippen molar-refractivity contribution in [2.75, 3.05) is 12.3 Å². The van der Waals surface area contributed by atoms with Crippen LogP contribution in [0.5, 0.6) is 0 Å². The third kappa shape index (κ3) is 4.29. The first kappa shape index (κ1) is 20.5. The molecule has 2 N–H and O–H groups in total. The van der Waals surface area contributed by atoms with Crippen molar-refractivity contribution in [2.45, 2.75) is 20.5 Å². The minimum atomic E-state index is -0.600. The highest BCUT2D eigenvalue weighted by molar-refractivity contribution is 7.18. The molecule has 0 amide bonds. The summed E-state index contributed by atoms with van der Waals surface area (Å²) in [6.07, 6.45) is 0. The molecular weight excluding hydrogens is 410 g/mol. The van der Waals surface area contributed by atoms with Crippen LogP contribution in [0.4, 0.5) is 5.00 Å². The summed E-state index contributed by atoms with van der Waals surface area (Å²) in [4.78, 5) is 29.7. The van der Waals surface area contributed by atoms with Crippen molar-refractivity contribution in [1.82, 2.24) is 4.98 Å². The zero-order valence-electron chi connectivity index (χ0n) is 15.7. The number of carbonyl (C=O) groups excluding carboxylic acids is 2. The Hall–Kier alpha value is -3.22. The van der Waals surface area contributed by atoms with Crippen molar-refractivity contribution in [1.29, 1.82) is 5.26 Å². The van der Waals surface area contributed by atoms with E-state index in [1.54, 1.807) is 13.8 Å². The monoisotopic (exact) mass is 427 g/mol. The van der Waals surface area contributed by atoms with E-state index in [-0.39, 0.29) is 34.2 Å². The van der Waals surface area contributed by atoms with E-state index in [0.717, 1.165) is 16.9 Å². The first-order valence-electron chi connectivity index (χ1n) is 8.64. The van der Waals surface area contributed by atoms with Crippen molar-refractivity contribution in [3.63, 3.8) is 0 Å². The van der Waals surface area contributed by atoms with Crippen LogP contribution < -0.4 is 5.73 Å². The summed E-state index contributed by atoms with van der Waals surface area (Å²) in [6.45, 7) is 3.32. The molecule has 0 radical (unpaired) electrons. The van der Waals surface area contributed by atoms with E-state index >= 15 is 0 Å². The zero-order chi connectivity index (χ0) is 21.0. The molecule has 3 rings (SSSR count). The Morgan fingerprint density at radius 3 is 2.48 bits per heavy atom. The number of ether oxygens (including phenoxy) is 2. The number of anilines is 1. The zero-order valence-corrected chi connectivity index (χ0v) is 17.4. The van der Waals surface area contributed by atoms with Crippen molar-refractivity contribution < 1.29 is 19.1 Å². The summed E-state index contributed by atoms with van der Waals surface area (Å²) in [5.41, 5.74) is 7.67. The molecule has 2 aromatic heterocycles. The first-order valence-corrected chi connectivity index (χ1v) is 10.3. The number of thiazole rings is 1. The molecule has 2 heterocycles. The molecule has 0 fully saturated rings. The van der Waals surface area contributed by atoms with E-state index in [2.05, 4.69) is 4.98 Å². The van der Waals surface area contributed by atoms with E-state index in [1.807, 2.05) is 36.4 Å². The van der Waals surface area contributed by atoms with Crippen LogP contribution in [0.25, 0.3) is 10.6 Å². The molecule has 9 heteroatoms. The highest BCUT2D eigenvalue weighted by atomic mass is 32.1. The number of nitrogens with zero attached hydrogens (tertiary/aromatic N) is 2. The van der Waals surface area contributed by atoms with Crippen LogP contribution in [0.3, 0.4) is 0 Å². The number of aromatic nitrogens is 1. The molecule has 0 aliphatic rings. The maximum atomic E-state index is 12.6. The molecule has 0 bridgehead atoms. The Morgan fingerprint density at radius 2 is 1.83 bits per heavy atom. The van der Waals surface area contributed by atoms with E-state index < -0.39 is 11.9 Å². The van der Waals surface area contributed by atoms with Gasteiger partial charge < -0.3 is 15.2 Å². The van der Waals surface area contributed by atoms with Crippen LogP contribution in [-0.4, -0.2) is 23.5 Å². The molecular formula is C20H17N3O4S2. The Morgan fingerprint density at radius 1 is 1.14 bits per heavy atom. The van der Waals surface area contributed by atoms with Gasteiger partial charge in [-0.2, -0.15) is 5.26 Å². The number of hydrogen-bond donors (Lipinski definition) is 1. The van der Waals surface area contributed by atoms with Gasteiger partial charge in [0.25, 0.3) is 0 Å². The quantitative estimate of drug-likeness (QED) is 0.587. The topological polar surface area (TPSA) is 115 Å². The molecule has 0 unspecified atom stereocenters. The van der Waals surface area contributed by atoms with E-state index in [4.69, 9.17) is 15.2 Å². The lowest BCUT2D eigenvalue weighted by Gasteiger charge is -2.06. The number of benzene rings is 1. The summed E-state index contributed by atoms with van der Waals surface area (Å²) < 4.78 is 10.4. The SMILES string of the molecule is CCOC(=O)c1sc(N)c(C#N)c1COC(=O)c1sc(-c2ccccc2)nc1C. The number of aryl methyl sites for hydroxylation is 1. The van der Waals surface area contributed by atoms with Gasteiger partial charge in [-0.05, 0) is 13.8 Å². The van der Waals surface area contributed by atoms with Crippen LogP contribution in [0, 0.1) is 18.3 Å². The smallest absolute Gasteiger partial charge is 0.350 e. The van der Waals surface area contributed by atoms with Crippen molar-refractivity contribution in [2.24, 2.45) is 0 Å². The molecule has 7 nitrogen and oxygen atoms in total. The van der Waals surface area contributed by atoms with Gasteiger partial charge >= 0.3 is 11.9 Å². The van der Waals surface area contributed by atoms with Crippen LogP contribution >= 0.6 is 22.7 Å². The van der Waals surface area contributed by atoms with Crippen molar-refractivity contribution in [3.8, 4) is 16.6 Å². The second-order valence-electron chi connectivity index (χ2n) is 5.86. The van der Waals surface area contributed by atoms with Crippen LogP contribution in [0.15, 0.2) is 30.3 Å². The number of thiophene rings is 1. The van der Waals surface area contributed by atoms with Gasteiger partial charge in [0, 0.05) is 11.1 Å². The lowest BCUT2D eigenvalue weighted by atomic mass is 10.1. The Labute approximate surface area is 175 Å². The third-order valence-corrected chi connectivity index (χ3v) is 6.19. The summed E-state index contributed by atoms with van der Waals surface area (Å²) >= 11 is 2.17. The third-order valence-electron chi connectivity index (χ3n) is 3.96. The summed E-state index contributed by atoms with van der Waals surface area (Å²) in [6, 6.07) is 11.5. The van der Waals surface area contributed by atoms with Gasteiger partial charge in [0.1, 0.15) is 32.4 Å². The van der Waals surface area contributed by atoms with Crippen molar-refractivity contribution >= 4 is 39.6 Å². The minimum Gasteiger partial charge on any atom is -0.462 e. The fourth-order valence-corrected chi connectivity index (χ4v) is 4.48. The number of carbonyl (C=O) groups is 2. The number of nitriles is 1. The lowest BCUT2D eigenvalue weighted by Crippen LogP contribution is -2.10. The lowest BCUT2D eigenvalue weighted by molar-refractivity contribution is 0.0456. The fourth-order valence-electron chi connectivity index (χ4n) is 2.60. The van der Waals surface area contributed by atoms with Crippen LogP contribution in [0.2, 0.25) is 0 Å². The summed E-state index contributed by atoms with van der Waals surface area (Å²) in [5, 5.41) is 10.2. The summed E-state index contributed by atoms with van der Waals surface area (Å²) in [5.74, 6) is -1.18.